The molecule has 25 heavy (non-hydrogen) atoms. The zero-order valence-electron chi connectivity index (χ0n) is 13.9. The summed E-state index contributed by atoms with van der Waals surface area (Å²) < 4.78 is 0. The van der Waals surface area contributed by atoms with Crippen molar-refractivity contribution >= 4 is 29.2 Å². The van der Waals surface area contributed by atoms with Gasteiger partial charge in [0.15, 0.2) is 6.04 Å². The van der Waals surface area contributed by atoms with Crippen LogP contribution in [0.5, 0.6) is 0 Å². The van der Waals surface area contributed by atoms with Crippen LogP contribution in [0.25, 0.3) is 0 Å². The van der Waals surface area contributed by atoms with E-state index >= 15 is 0 Å². The molecular weight excluding hydrogens is 326 g/mol. The van der Waals surface area contributed by atoms with Crippen molar-refractivity contribution in [3.63, 3.8) is 0 Å². The van der Waals surface area contributed by atoms with Gasteiger partial charge in [-0.15, -0.1) is 0 Å². The number of hydrogen-bond donors (Lipinski definition) is 3. The van der Waals surface area contributed by atoms with Gasteiger partial charge in [0, 0.05) is 6.42 Å². The van der Waals surface area contributed by atoms with E-state index in [0.717, 1.165) is 6.42 Å². The maximum atomic E-state index is 12.3. The summed E-state index contributed by atoms with van der Waals surface area (Å²) in [6.07, 6.45) is 1.70. The number of anilines is 1. The standard InChI is InChI=1S/C17H21N3O5/c1-2-3-9-12(16(22)23)18-15(21)13-10-14(17(24)25)20(19-13)11-7-5-4-6-8-11/h4-8,12,14H,2-3,9-10H2,1H3,(H,18,21)(H,22,23)(H,24,25). The van der Waals surface area contributed by atoms with Crippen LogP contribution in [0.15, 0.2) is 35.4 Å². The molecule has 8 heteroatoms. The summed E-state index contributed by atoms with van der Waals surface area (Å²) in [5.74, 6) is -2.86. The van der Waals surface area contributed by atoms with Gasteiger partial charge in [-0.05, 0) is 18.6 Å². The first-order chi connectivity index (χ1) is 11.9. The van der Waals surface area contributed by atoms with Crippen molar-refractivity contribution in [3.05, 3.63) is 30.3 Å². The molecule has 1 aromatic carbocycles. The summed E-state index contributed by atoms with van der Waals surface area (Å²) >= 11 is 0. The highest BCUT2D eigenvalue weighted by molar-refractivity contribution is 6.40. The highest BCUT2D eigenvalue weighted by atomic mass is 16.4. The van der Waals surface area contributed by atoms with Crippen LogP contribution < -0.4 is 10.3 Å². The number of rotatable bonds is 8. The fourth-order valence-electron chi connectivity index (χ4n) is 2.57. The third-order valence-corrected chi connectivity index (χ3v) is 3.93. The summed E-state index contributed by atoms with van der Waals surface area (Å²) in [6, 6.07) is 6.66. The predicted molar refractivity (Wildman–Crippen MR) is 91.5 cm³/mol. The van der Waals surface area contributed by atoms with Crippen molar-refractivity contribution in [2.45, 2.75) is 44.7 Å². The number of para-hydroxylation sites is 1. The lowest BCUT2D eigenvalue weighted by molar-refractivity contribution is -0.141. The molecule has 1 heterocycles. The first-order valence-corrected chi connectivity index (χ1v) is 8.12. The first kappa shape index (κ1) is 18.4. The van der Waals surface area contributed by atoms with Crippen LogP contribution in [0.1, 0.15) is 32.6 Å². The normalized spacial score (nSPS) is 17.7. The third-order valence-electron chi connectivity index (χ3n) is 3.93. The average molecular weight is 347 g/mol. The summed E-state index contributed by atoms with van der Waals surface area (Å²) in [4.78, 5) is 35.1. The number of carboxylic acids is 2. The van der Waals surface area contributed by atoms with Crippen molar-refractivity contribution in [1.82, 2.24) is 5.32 Å². The Bertz CT molecular complexity index is 674. The molecule has 0 saturated carbocycles. The van der Waals surface area contributed by atoms with E-state index in [2.05, 4.69) is 10.4 Å². The first-order valence-electron chi connectivity index (χ1n) is 8.12. The van der Waals surface area contributed by atoms with Crippen LogP contribution >= 0.6 is 0 Å². The number of hydrogen-bond acceptors (Lipinski definition) is 5. The fraction of sp³-hybridized carbons (Fsp3) is 0.412. The van der Waals surface area contributed by atoms with Crippen molar-refractivity contribution in [3.8, 4) is 0 Å². The van der Waals surface area contributed by atoms with Crippen LogP contribution in [0.2, 0.25) is 0 Å². The van der Waals surface area contributed by atoms with Crippen molar-refractivity contribution in [2.75, 3.05) is 5.01 Å². The smallest absolute Gasteiger partial charge is 0.328 e. The Labute approximate surface area is 145 Å². The molecule has 0 aromatic heterocycles. The van der Waals surface area contributed by atoms with Gasteiger partial charge in [-0.3, -0.25) is 9.80 Å². The SMILES string of the molecule is CCCCC(NC(=O)C1=NN(c2ccccc2)C(C(=O)O)C1)C(=O)O. The molecule has 0 spiro atoms. The molecule has 8 nitrogen and oxygen atoms in total. The Hall–Kier alpha value is -2.90. The molecule has 3 N–H and O–H groups in total. The van der Waals surface area contributed by atoms with Crippen LogP contribution in [-0.4, -0.2) is 45.9 Å². The van der Waals surface area contributed by atoms with E-state index in [-0.39, 0.29) is 12.1 Å². The van der Waals surface area contributed by atoms with Gasteiger partial charge in [-0.1, -0.05) is 38.0 Å². The number of benzene rings is 1. The van der Waals surface area contributed by atoms with Crippen molar-refractivity contribution < 1.29 is 24.6 Å². The van der Waals surface area contributed by atoms with E-state index in [1.165, 1.54) is 5.01 Å². The van der Waals surface area contributed by atoms with Crippen LogP contribution in [-0.2, 0) is 14.4 Å². The summed E-state index contributed by atoms with van der Waals surface area (Å²) in [5, 5.41) is 26.4. The molecule has 1 aliphatic heterocycles. The van der Waals surface area contributed by atoms with Gasteiger partial charge in [-0.2, -0.15) is 5.10 Å². The molecule has 0 bridgehead atoms. The van der Waals surface area contributed by atoms with Crippen LogP contribution in [0, 0.1) is 0 Å². The lowest BCUT2D eigenvalue weighted by Crippen LogP contribution is -2.44. The molecule has 1 aromatic rings. The van der Waals surface area contributed by atoms with Crippen molar-refractivity contribution in [2.24, 2.45) is 5.10 Å². The maximum Gasteiger partial charge on any atom is 0.328 e. The van der Waals surface area contributed by atoms with Gasteiger partial charge in [-0.25, -0.2) is 9.59 Å². The number of nitrogens with zero attached hydrogens (tertiary/aromatic N) is 2. The Morgan fingerprint density at radius 3 is 2.52 bits per heavy atom. The molecule has 0 aliphatic carbocycles. The van der Waals surface area contributed by atoms with Gasteiger partial charge in [0.25, 0.3) is 5.91 Å². The number of carbonyl (C=O) groups excluding carboxylic acids is 1. The van der Waals surface area contributed by atoms with Gasteiger partial charge < -0.3 is 15.5 Å². The number of aliphatic carboxylic acids is 2. The van der Waals surface area contributed by atoms with E-state index in [4.69, 9.17) is 0 Å². The molecule has 1 aliphatic rings. The summed E-state index contributed by atoms with van der Waals surface area (Å²) in [7, 11) is 0. The second kappa shape index (κ2) is 8.27. The van der Waals surface area contributed by atoms with E-state index in [9.17, 15) is 24.6 Å². The number of unbranched alkanes of at least 4 members (excludes halogenated alkanes) is 1. The monoisotopic (exact) mass is 347 g/mol. The zero-order chi connectivity index (χ0) is 18.4. The Balaban J connectivity index is 2.16. The van der Waals surface area contributed by atoms with Gasteiger partial charge in [0.1, 0.15) is 11.8 Å². The quantitative estimate of drug-likeness (QED) is 0.655. The second-order valence-corrected chi connectivity index (χ2v) is 5.79. The maximum absolute atomic E-state index is 12.3. The van der Waals surface area contributed by atoms with Gasteiger partial charge in [0.05, 0.1) is 5.69 Å². The molecule has 134 valence electrons. The van der Waals surface area contributed by atoms with Crippen LogP contribution in [0.4, 0.5) is 5.69 Å². The topological polar surface area (TPSA) is 119 Å². The van der Waals surface area contributed by atoms with E-state index in [1.807, 2.05) is 6.92 Å². The minimum atomic E-state index is -1.12. The summed E-state index contributed by atoms with van der Waals surface area (Å²) in [6.45, 7) is 1.93. The summed E-state index contributed by atoms with van der Waals surface area (Å²) in [5.41, 5.74) is 0.567. The molecule has 2 rings (SSSR count). The van der Waals surface area contributed by atoms with Crippen LogP contribution in [0.3, 0.4) is 0 Å². The number of carboxylic acid groups (broad SMARTS) is 2. The lowest BCUT2D eigenvalue weighted by Gasteiger charge is -2.19. The highest BCUT2D eigenvalue weighted by Gasteiger charge is 2.37. The molecule has 0 saturated heterocycles. The molecule has 2 unspecified atom stereocenters. The molecule has 0 fully saturated rings. The van der Waals surface area contributed by atoms with E-state index in [0.29, 0.717) is 18.5 Å². The zero-order valence-corrected chi connectivity index (χ0v) is 13.9. The highest BCUT2D eigenvalue weighted by Crippen LogP contribution is 2.24. The largest absolute Gasteiger partial charge is 0.480 e. The number of nitrogens with one attached hydrogen (secondary N) is 1. The minimum Gasteiger partial charge on any atom is -0.480 e. The molecule has 2 atom stereocenters. The Morgan fingerprint density at radius 1 is 1.28 bits per heavy atom. The number of carbonyl (C=O) groups is 3. The number of amides is 1. The molecular formula is C17H21N3O5. The Morgan fingerprint density at radius 2 is 1.96 bits per heavy atom. The molecule has 1 amide bonds. The Kier molecular flexibility index (Phi) is 6.10. The van der Waals surface area contributed by atoms with Gasteiger partial charge in [0.2, 0.25) is 0 Å². The predicted octanol–water partition coefficient (Wildman–Crippen LogP) is 1.47. The lowest BCUT2D eigenvalue weighted by atomic mass is 10.1. The van der Waals surface area contributed by atoms with Gasteiger partial charge >= 0.3 is 11.9 Å². The van der Waals surface area contributed by atoms with E-state index in [1.54, 1.807) is 30.3 Å². The fourth-order valence-corrected chi connectivity index (χ4v) is 2.57. The minimum absolute atomic E-state index is 0.0130. The van der Waals surface area contributed by atoms with Crippen molar-refractivity contribution in [1.29, 1.82) is 0 Å². The average Bonchev–Trinajstić information content (AvgIpc) is 3.04. The van der Waals surface area contributed by atoms with E-state index < -0.39 is 29.9 Å². The number of hydrazone groups is 1. The third kappa shape index (κ3) is 4.56. The molecule has 0 radical (unpaired) electrons. The second-order valence-electron chi connectivity index (χ2n) is 5.79.